The van der Waals surface area contributed by atoms with Crippen molar-refractivity contribution < 1.29 is 18.3 Å². The van der Waals surface area contributed by atoms with Crippen LogP contribution in [0.2, 0.25) is 0 Å². The lowest BCUT2D eigenvalue weighted by Gasteiger charge is -2.27. The standard InChI is InChI=1S/C10H20O4S/c1-15(12,13)7-6-14-10-4-2-9(8-11)3-5-10/h9-11H,2-8H2,1H3. The van der Waals surface area contributed by atoms with Gasteiger partial charge in [0.2, 0.25) is 0 Å². The van der Waals surface area contributed by atoms with Crippen LogP contribution in [0.25, 0.3) is 0 Å². The highest BCUT2D eigenvalue weighted by Crippen LogP contribution is 2.25. The summed E-state index contributed by atoms with van der Waals surface area (Å²) in [6.45, 7) is 0.559. The third-order valence-corrected chi connectivity index (χ3v) is 3.77. The van der Waals surface area contributed by atoms with Gasteiger partial charge in [0.1, 0.15) is 9.84 Å². The van der Waals surface area contributed by atoms with E-state index in [1.165, 1.54) is 6.26 Å². The van der Waals surface area contributed by atoms with Crippen LogP contribution in [0.4, 0.5) is 0 Å². The van der Waals surface area contributed by atoms with E-state index in [-0.39, 0.29) is 18.5 Å². The van der Waals surface area contributed by atoms with E-state index < -0.39 is 9.84 Å². The van der Waals surface area contributed by atoms with Crippen molar-refractivity contribution in [2.24, 2.45) is 5.92 Å². The Hall–Kier alpha value is -0.130. The van der Waals surface area contributed by atoms with Gasteiger partial charge in [0.15, 0.2) is 0 Å². The minimum Gasteiger partial charge on any atom is -0.396 e. The molecule has 1 rings (SSSR count). The molecule has 5 heteroatoms. The Morgan fingerprint density at radius 1 is 1.27 bits per heavy atom. The smallest absolute Gasteiger partial charge is 0.149 e. The van der Waals surface area contributed by atoms with Crippen LogP contribution in [-0.2, 0) is 14.6 Å². The molecule has 1 saturated carbocycles. The van der Waals surface area contributed by atoms with E-state index in [1.54, 1.807) is 0 Å². The summed E-state index contributed by atoms with van der Waals surface area (Å²) in [5.74, 6) is 0.521. The van der Waals surface area contributed by atoms with Crippen molar-refractivity contribution >= 4 is 9.84 Å². The molecule has 0 amide bonds. The fourth-order valence-electron chi connectivity index (χ4n) is 1.85. The minimum atomic E-state index is -2.91. The highest BCUT2D eigenvalue weighted by Gasteiger charge is 2.21. The van der Waals surface area contributed by atoms with Crippen molar-refractivity contribution in [3.05, 3.63) is 0 Å². The molecule has 0 aromatic heterocycles. The van der Waals surface area contributed by atoms with Gasteiger partial charge in [-0.2, -0.15) is 0 Å². The topological polar surface area (TPSA) is 63.6 Å². The molecular formula is C10H20O4S. The van der Waals surface area contributed by atoms with Crippen LogP contribution >= 0.6 is 0 Å². The first kappa shape index (κ1) is 12.9. The summed E-state index contributed by atoms with van der Waals surface area (Å²) in [7, 11) is -2.91. The van der Waals surface area contributed by atoms with Crippen molar-refractivity contribution in [2.75, 3.05) is 25.2 Å². The first-order chi connectivity index (χ1) is 7.01. The normalized spacial score (nSPS) is 27.9. The van der Waals surface area contributed by atoms with Crippen LogP contribution in [0.3, 0.4) is 0 Å². The largest absolute Gasteiger partial charge is 0.396 e. The maximum Gasteiger partial charge on any atom is 0.149 e. The predicted molar refractivity (Wildman–Crippen MR) is 58.5 cm³/mol. The lowest BCUT2D eigenvalue weighted by molar-refractivity contribution is 0.0193. The third-order valence-electron chi connectivity index (χ3n) is 2.86. The summed E-state index contributed by atoms with van der Waals surface area (Å²) >= 11 is 0. The summed E-state index contributed by atoms with van der Waals surface area (Å²) in [5, 5.41) is 8.94. The predicted octanol–water partition coefficient (Wildman–Crippen LogP) is 0.599. The highest BCUT2D eigenvalue weighted by atomic mass is 32.2. The molecule has 0 aliphatic heterocycles. The van der Waals surface area contributed by atoms with E-state index in [4.69, 9.17) is 9.84 Å². The van der Waals surface area contributed by atoms with E-state index in [9.17, 15) is 8.42 Å². The van der Waals surface area contributed by atoms with E-state index in [2.05, 4.69) is 0 Å². The number of aliphatic hydroxyl groups is 1. The van der Waals surface area contributed by atoms with Crippen LogP contribution in [-0.4, -0.2) is 44.9 Å². The zero-order chi connectivity index (χ0) is 11.3. The van der Waals surface area contributed by atoms with Crippen molar-refractivity contribution in [3.8, 4) is 0 Å². The van der Waals surface area contributed by atoms with Crippen LogP contribution in [0.15, 0.2) is 0 Å². The van der Waals surface area contributed by atoms with Crippen LogP contribution < -0.4 is 0 Å². The molecule has 0 aromatic carbocycles. The van der Waals surface area contributed by atoms with Crippen molar-refractivity contribution in [3.63, 3.8) is 0 Å². The fourth-order valence-corrected chi connectivity index (χ4v) is 2.25. The second-order valence-electron chi connectivity index (χ2n) is 4.33. The van der Waals surface area contributed by atoms with Gasteiger partial charge in [-0.25, -0.2) is 8.42 Å². The molecule has 90 valence electrons. The third kappa shape index (κ3) is 5.49. The fraction of sp³-hybridized carbons (Fsp3) is 1.00. The summed E-state index contributed by atoms with van der Waals surface area (Å²) < 4.78 is 27.2. The molecule has 1 aliphatic carbocycles. The Balaban J connectivity index is 2.14. The highest BCUT2D eigenvalue weighted by molar-refractivity contribution is 7.90. The molecular weight excluding hydrogens is 216 g/mol. The molecule has 0 heterocycles. The number of aliphatic hydroxyl groups excluding tert-OH is 1. The Labute approximate surface area is 91.6 Å². The maximum atomic E-state index is 10.9. The molecule has 0 spiro atoms. The number of rotatable bonds is 5. The Kier molecular flexibility index (Phi) is 5.02. The summed E-state index contributed by atoms with van der Waals surface area (Å²) in [5.41, 5.74) is 0. The second kappa shape index (κ2) is 5.82. The van der Waals surface area contributed by atoms with Gasteiger partial charge in [0.05, 0.1) is 18.5 Å². The zero-order valence-corrected chi connectivity index (χ0v) is 10.0. The summed E-state index contributed by atoms with van der Waals surface area (Å²) in [4.78, 5) is 0. The van der Waals surface area contributed by atoms with E-state index in [0.717, 1.165) is 25.7 Å². The number of ether oxygens (including phenoxy) is 1. The van der Waals surface area contributed by atoms with Gasteiger partial charge < -0.3 is 9.84 Å². The van der Waals surface area contributed by atoms with E-state index in [1.807, 2.05) is 0 Å². The lowest BCUT2D eigenvalue weighted by atomic mass is 9.88. The van der Waals surface area contributed by atoms with Gasteiger partial charge in [-0.1, -0.05) is 0 Å². The monoisotopic (exact) mass is 236 g/mol. The van der Waals surface area contributed by atoms with Gasteiger partial charge in [-0.3, -0.25) is 0 Å². The van der Waals surface area contributed by atoms with Gasteiger partial charge >= 0.3 is 0 Å². The SMILES string of the molecule is CS(=O)(=O)CCOC1CCC(CO)CC1. The van der Waals surface area contributed by atoms with Crippen molar-refractivity contribution in [1.29, 1.82) is 0 Å². The Bertz CT molecular complexity index is 265. The molecule has 0 radical (unpaired) electrons. The van der Waals surface area contributed by atoms with Crippen LogP contribution in [0, 0.1) is 5.92 Å². The van der Waals surface area contributed by atoms with Gasteiger partial charge in [0, 0.05) is 12.9 Å². The molecule has 0 bridgehead atoms. The van der Waals surface area contributed by atoms with E-state index in [0.29, 0.717) is 12.5 Å². The number of sulfone groups is 1. The van der Waals surface area contributed by atoms with Crippen LogP contribution in [0.5, 0.6) is 0 Å². The summed E-state index contributed by atoms with van der Waals surface area (Å²) in [6, 6.07) is 0. The van der Waals surface area contributed by atoms with Gasteiger partial charge in [-0.15, -0.1) is 0 Å². The molecule has 15 heavy (non-hydrogen) atoms. The molecule has 1 aliphatic rings. The molecule has 0 saturated heterocycles. The van der Waals surface area contributed by atoms with Crippen molar-refractivity contribution in [2.45, 2.75) is 31.8 Å². The maximum absolute atomic E-state index is 10.9. The molecule has 4 nitrogen and oxygen atoms in total. The number of hydrogen-bond acceptors (Lipinski definition) is 4. The zero-order valence-electron chi connectivity index (χ0n) is 9.18. The number of hydrogen-bond donors (Lipinski definition) is 1. The molecule has 0 aromatic rings. The Morgan fingerprint density at radius 3 is 2.33 bits per heavy atom. The first-order valence-electron chi connectivity index (χ1n) is 5.41. The van der Waals surface area contributed by atoms with Gasteiger partial charge in [0.25, 0.3) is 0 Å². The minimum absolute atomic E-state index is 0.104. The quantitative estimate of drug-likeness (QED) is 0.759. The molecule has 0 atom stereocenters. The first-order valence-corrected chi connectivity index (χ1v) is 7.47. The molecule has 1 N–H and O–H groups in total. The van der Waals surface area contributed by atoms with Crippen molar-refractivity contribution in [1.82, 2.24) is 0 Å². The summed E-state index contributed by atoms with van der Waals surface area (Å²) in [6.07, 6.45) is 5.26. The van der Waals surface area contributed by atoms with Gasteiger partial charge in [-0.05, 0) is 31.6 Å². The van der Waals surface area contributed by atoms with Crippen LogP contribution in [0.1, 0.15) is 25.7 Å². The Morgan fingerprint density at radius 2 is 1.87 bits per heavy atom. The molecule has 1 fully saturated rings. The second-order valence-corrected chi connectivity index (χ2v) is 6.59. The average Bonchev–Trinajstić information content (AvgIpc) is 2.17. The van der Waals surface area contributed by atoms with E-state index >= 15 is 0 Å². The lowest BCUT2D eigenvalue weighted by Crippen LogP contribution is -2.25. The average molecular weight is 236 g/mol. The molecule has 0 unspecified atom stereocenters.